The van der Waals surface area contributed by atoms with Crippen LogP contribution in [0.25, 0.3) is 35.1 Å². The molecule has 0 radical (unpaired) electrons. The maximum absolute atomic E-state index is 4.90. The third-order valence-electron chi connectivity index (χ3n) is 13.7. The Hall–Kier alpha value is -7.95. The summed E-state index contributed by atoms with van der Waals surface area (Å²) < 4.78 is 2.35. The Morgan fingerprint density at radius 3 is 2.20 bits per heavy atom. The van der Waals surface area contributed by atoms with Crippen LogP contribution in [0, 0.1) is 6.92 Å². The zero-order valence-electron chi connectivity index (χ0n) is 47.5. The first-order valence-corrected chi connectivity index (χ1v) is 27.1. The molecule has 0 saturated heterocycles. The highest BCUT2D eigenvalue weighted by Gasteiger charge is 2.20. The van der Waals surface area contributed by atoms with Crippen LogP contribution in [-0.4, -0.2) is 23.9 Å². The molecule has 2 heterocycles. The van der Waals surface area contributed by atoms with E-state index in [2.05, 4.69) is 286 Å². The van der Waals surface area contributed by atoms with E-state index in [1.807, 2.05) is 24.4 Å². The summed E-state index contributed by atoms with van der Waals surface area (Å²) in [6.45, 7) is 39.7. The molecule has 76 heavy (non-hydrogen) atoms. The van der Waals surface area contributed by atoms with Gasteiger partial charge in [-0.15, -0.1) is 6.58 Å². The van der Waals surface area contributed by atoms with Gasteiger partial charge in [0.2, 0.25) is 0 Å². The zero-order valence-corrected chi connectivity index (χ0v) is 47.5. The minimum Gasteiger partial charge on any atom is -0.338 e. The van der Waals surface area contributed by atoms with Gasteiger partial charge in [-0.3, -0.25) is 4.99 Å². The molecule has 5 rings (SSSR count). The Morgan fingerprint density at radius 1 is 0.829 bits per heavy atom. The van der Waals surface area contributed by atoms with Gasteiger partial charge in [0.25, 0.3) is 0 Å². The van der Waals surface area contributed by atoms with Gasteiger partial charge in [0.15, 0.2) is 0 Å². The standard InChI is InChI=1S/C72H84N4/c1-15-24-46-75(71(35-18-4)67(21-7)54(10)11)66-49-63(48-65(51-66)74-47-31-26-25-28-38-56(13)70(74)23-9)59(33-16-2)41-32-37-55(12)52-73-53-58(20-6)61-42-44-64(45-43-61)76-57(14)69(68(22-8)72(76)36-19-5)50-62(34-17-3)60-39-29-27-30-40-60/h15-19,22-33,35-37,39-45,48-53,58H,3,5,9-10,20-21,34,38,46-47H2,1-2,4,6-8,11-14H3/b24-15-,28-25-,31-26-,33-16-,35-18-,37-32+,55-52+,59-41+,62-50+,68-22-,70-56-,71-67-,72-36+,73-53?. The second-order valence-corrected chi connectivity index (χ2v) is 19.1. The zero-order chi connectivity index (χ0) is 55.0. The second-order valence-electron chi connectivity index (χ2n) is 19.1. The smallest absolute Gasteiger partial charge is 0.0534 e. The van der Waals surface area contributed by atoms with Crippen LogP contribution in [0.2, 0.25) is 0 Å². The summed E-state index contributed by atoms with van der Waals surface area (Å²) in [5.74, 6) is 0.157. The largest absolute Gasteiger partial charge is 0.338 e. The van der Waals surface area contributed by atoms with E-state index in [0.717, 1.165) is 81.8 Å². The molecule has 4 aromatic rings. The number of hydrogen-bond acceptors (Lipinski definition) is 3. The molecule has 0 saturated carbocycles. The first-order valence-electron chi connectivity index (χ1n) is 27.1. The van der Waals surface area contributed by atoms with E-state index in [0.29, 0.717) is 13.1 Å². The number of hydrogen-bond donors (Lipinski definition) is 0. The van der Waals surface area contributed by atoms with E-state index in [1.165, 1.54) is 44.3 Å². The van der Waals surface area contributed by atoms with Gasteiger partial charge in [0, 0.05) is 76.4 Å². The third-order valence-corrected chi connectivity index (χ3v) is 13.7. The summed E-state index contributed by atoms with van der Waals surface area (Å²) in [5, 5.41) is 2.30. The minimum atomic E-state index is 0.157. The molecule has 4 heteroatoms. The molecule has 1 aliphatic heterocycles. The van der Waals surface area contributed by atoms with Crippen molar-refractivity contribution in [1.82, 2.24) is 4.57 Å². The molecular formula is C72H84N4. The van der Waals surface area contributed by atoms with Gasteiger partial charge in [-0.05, 0) is 180 Å². The second kappa shape index (κ2) is 30.4. The van der Waals surface area contributed by atoms with Crippen molar-refractivity contribution in [3.05, 3.63) is 275 Å². The maximum atomic E-state index is 4.90. The molecule has 3 aromatic carbocycles. The van der Waals surface area contributed by atoms with Crippen LogP contribution in [0.4, 0.5) is 11.4 Å². The van der Waals surface area contributed by atoms with E-state index < -0.39 is 0 Å². The molecule has 1 atom stereocenters. The monoisotopic (exact) mass is 1000 g/mol. The normalized spacial score (nSPS) is 17.2. The Morgan fingerprint density at radius 2 is 1.57 bits per heavy atom. The van der Waals surface area contributed by atoms with Crippen LogP contribution < -0.4 is 20.4 Å². The van der Waals surface area contributed by atoms with Gasteiger partial charge in [-0.25, -0.2) is 0 Å². The number of anilines is 2. The third kappa shape index (κ3) is 15.3. The van der Waals surface area contributed by atoms with E-state index >= 15 is 0 Å². The number of benzene rings is 3. The van der Waals surface area contributed by atoms with E-state index in [1.54, 1.807) is 0 Å². The summed E-state index contributed by atoms with van der Waals surface area (Å²) in [6, 6.07) is 26.5. The molecule has 0 bridgehead atoms. The molecule has 392 valence electrons. The van der Waals surface area contributed by atoms with Crippen LogP contribution >= 0.6 is 0 Å². The number of aromatic nitrogens is 1. The first kappa shape index (κ1) is 58.9. The summed E-state index contributed by atoms with van der Waals surface area (Å²) in [6.07, 6.45) is 48.2. The highest BCUT2D eigenvalue weighted by atomic mass is 15.2. The van der Waals surface area contributed by atoms with Crippen LogP contribution in [-0.2, 0) is 0 Å². The molecule has 0 amide bonds. The Bertz CT molecular complexity index is 3190. The molecule has 4 nitrogen and oxygen atoms in total. The average molecular weight is 1010 g/mol. The van der Waals surface area contributed by atoms with Crippen molar-refractivity contribution in [1.29, 1.82) is 0 Å². The summed E-state index contributed by atoms with van der Waals surface area (Å²) in [4.78, 5) is 9.71. The number of allylic oxidation sites excluding steroid dienone is 20. The van der Waals surface area contributed by atoms with E-state index in [4.69, 9.17) is 4.99 Å². The van der Waals surface area contributed by atoms with Gasteiger partial charge in [0.1, 0.15) is 0 Å². The molecule has 1 aromatic heterocycles. The van der Waals surface area contributed by atoms with Crippen LogP contribution in [0.15, 0.2) is 241 Å². The lowest BCUT2D eigenvalue weighted by Crippen LogP contribution is -2.29. The molecule has 1 aliphatic rings. The molecular weight excluding hydrogens is 921 g/mol. The van der Waals surface area contributed by atoms with Gasteiger partial charge < -0.3 is 14.4 Å². The first-order chi connectivity index (χ1) is 36.9. The highest BCUT2D eigenvalue weighted by molar-refractivity contribution is 5.84. The molecule has 0 aliphatic carbocycles. The Balaban J connectivity index is 1.52. The topological polar surface area (TPSA) is 23.8 Å². The molecule has 0 N–H and O–H groups in total. The number of rotatable bonds is 23. The van der Waals surface area contributed by atoms with Gasteiger partial charge >= 0.3 is 0 Å². The van der Waals surface area contributed by atoms with Crippen molar-refractivity contribution in [2.75, 3.05) is 22.9 Å². The van der Waals surface area contributed by atoms with Crippen LogP contribution in [0.5, 0.6) is 0 Å². The van der Waals surface area contributed by atoms with Crippen molar-refractivity contribution < 1.29 is 0 Å². The molecule has 1 unspecified atom stereocenters. The SMILES string of the molecule is C=C/C=c1\c(=C/C)c(/C=C(\CC=C)c2ccccc2)c(C)n1-c1ccc(C(C=N/C=C(C)/C=C/C=C(\C=C/C)c2cc(N3C/C=C\C=C/C/C(C)=C\3C=C)cc(N(C/C=C\C)C(/C=C\C)=C(/CC)C(=C)C)c2)CC)cc1. The lowest BCUT2D eigenvalue weighted by Gasteiger charge is -2.32. The van der Waals surface area contributed by atoms with E-state index in [9.17, 15) is 0 Å². The Kier molecular flexibility index (Phi) is 23.6. The van der Waals surface area contributed by atoms with Gasteiger partial charge in [-0.1, -0.05) is 173 Å². The van der Waals surface area contributed by atoms with Crippen LogP contribution in [0.3, 0.4) is 0 Å². The summed E-state index contributed by atoms with van der Waals surface area (Å²) in [5.41, 5.74) is 18.4. The summed E-state index contributed by atoms with van der Waals surface area (Å²) in [7, 11) is 0. The molecule has 0 spiro atoms. The quantitative estimate of drug-likeness (QED) is 0.0420. The van der Waals surface area contributed by atoms with Crippen molar-refractivity contribution in [2.45, 2.75) is 101 Å². The fraction of sp³-hybridized carbons (Fsp3) is 0.236. The van der Waals surface area contributed by atoms with Crippen molar-refractivity contribution in [3.63, 3.8) is 0 Å². The fourth-order valence-corrected chi connectivity index (χ4v) is 9.80. The predicted molar refractivity (Wildman–Crippen MR) is 340 cm³/mol. The summed E-state index contributed by atoms with van der Waals surface area (Å²) >= 11 is 0. The lowest BCUT2D eigenvalue weighted by atomic mass is 9.97. The highest BCUT2D eigenvalue weighted by Crippen LogP contribution is 2.36. The number of nitrogens with zero attached hydrogens (tertiary/aromatic N) is 4. The minimum absolute atomic E-state index is 0.157. The van der Waals surface area contributed by atoms with Crippen molar-refractivity contribution in [3.8, 4) is 5.69 Å². The predicted octanol–water partition coefficient (Wildman–Crippen LogP) is 18.3. The number of aliphatic imine (C=N–C) groups is 1. The lowest BCUT2D eigenvalue weighted by molar-refractivity contribution is 0.856. The van der Waals surface area contributed by atoms with Gasteiger partial charge in [0.05, 0.1) is 5.35 Å². The van der Waals surface area contributed by atoms with Gasteiger partial charge in [-0.2, -0.15) is 0 Å². The van der Waals surface area contributed by atoms with Crippen LogP contribution in [0.1, 0.15) is 122 Å². The van der Waals surface area contributed by atoms with E-state index in [-0.39, 0.29) is 5.92 Å². The average Bonchev–Trinajstić information content (AvgIpc) is 3.74. The van der Waals surface area contributed by atoms with Crippen molar-refractivity contribution in [2.24, 2.45) is 4.99 Å². The Labute approximate surface area is 458 Å². The fourth-order valence-electron chi connectivity index (χ4n) is 9.80. The molecule has 0 fully saturated rings. The van der Waals surface area contributed by atoms with Crippen molar-refractivity contribution >= 4 is 47.0 Å². The maximum Gasteiger partial charge on any atom is 0.0534 e.